The van der Waals surface area contributed by atoms with Crippen LogP contribution in [-0.2, 0) is 0 Å². The van der Waals surface area contributed by atoms with Crippen molar-refractivity contribution < 1.29 is 9.90 Å². The number of hydrogen-bond acceptors (Lipinski definition) is 3. The largest absolute Gasteiger partial charge is 0.505 e. The average Bonchev–Trinajstić information content (AvgIpc) is 2.05. The normalized spacial score (nSPS) is 9.18. The number of carbonyl (C=O) groups is 1. The summed E-state index contributed by atoms with van der Waals surface area (Å²) >= 11 is 0. The molecule has 0 aromatic heterocycles. The zero-order valence-corrected chi connectivity index (χ0v) is 6.16. The second-order valence-electron chi connectivity index (χ2n) is 2.11. The Morgan fingerprint density at radius 1 is 1.55 bits per heavy atom. The highest BCUT2D eigenvalue weighted by Crippen LogP contribution is 2.24. The minimum absolute atomic E-state index is 0.00463. The van der Waals surface area contributed by atoms with E-state index in [-0.39, 0.29) is 5.75 Å². The van der Waals surface area contributed by atoms with Crippen molar-refractivity contribution in [1.82, 2.24) is 0 Å². The molecule has 0 amide bonds. The molecule has 0 aliphatic carbocycles. The summed E-state index contributed by atoms with van der Waals surface area (Å²) < 4.78 is 0. The van der Waals surface area contributed by atoms with Crippen LogP contribution in [0.5, 0.6) is 5.75 Å². The van der Waals surface area contributed by atoms with Crippen LogP contribution in [0.3, 0.4) is 0 Å². The third-order valence-corrected chi connectivity index (χ3v) is 1.46. The molecule has 1 aromatic carbocycles. The summed E-state index contributed by atoms with van der Waals surface area (Å²) in [4.78, 5) is 10.3. The van der Waals surface area contributed by atoms with E-state index in [4.69, 9.17) is 0 Å². The standard InChI is InChI=1S/C8H9NO2/c1-9-7-4-2-3-6(5-10)8(7)11/h2-5,9,11H,1H3. The van der Waals surface area contributed by atoms with E-state index < -0.39 is 0 Å². The van der Waals surface area contributed by atoms with Gasteiger partial charge >= 0.3 is 0 Å². The first-order valence-electron chi connectivity index (χ1n) is 3.24. The van der Waals surface area contributed by atoms with Crippen LogP contribution in [0.1, 0.15) is 10.4 Å². The van der Waals surface area contributed by atoms with Crippen molar-refractivity contribution in [1.29, 1.82) is 0 Å². The number of phenols is 1. The molecule has 3 heteroatoms. The molecule has 0 fully saturated rings. The van der Waals surface area contributed by atoms with Crippen molar-refractivity contribution in [2.75, 3.05) is 12.4 Å². The first-order chi connectivity index (χ1) is 5.29. The molecule has 0 saturated carbocycles. The zero-order valence-electron chi connectivity index (χ0n) is 6.16. The molecular formula is C8H9NO2. The number of carbonyl (C=O) groups excluding carboxylic acids is 1. The summed E-state index contributed by atoms with van der Waals surface area (Å²) in [7, 11) is 1.68. The van der Waals surface area contributed by atoms with E-state index in [1.165, 1.54) is 0 Å². The van der Waals surface area contributed by atoms with E-state index >= 15 is 0 Å². The highest BCUT2D eigenvalue weighted by molar-refractivity contribution is 5.83. The predicted molar refractivity (Wildman–Crippen MR) is 43.0 cm³/mol. The quantitative estimate of drug-likeness (QED) is 0.494. The lowest BCUT2D eigenvalue weighted by atomic mass is 10.2. The molecule has 1 aromatic rings. The van der Waals surface area contributed by atoms with E-state index in [0.29, 0.717) is 17.5 Å². The Balaban J connectivity index is 3.20. The number of nitrogens with one attached hydrogen (secondary N) is 1. The van der Waals surface area contributed by atoms with Crippen LogP contribution >= 0.6 is 0 Å². The van der Waals surface area contributed by atoms with Gasteiger partial charge in [0.25, 0.3) is 0 Å². The molecule has 0 radical (unpaired) electrons. The van der Waals surface area contributed by atoms with Crippen molar-refractivity contribution >= 4 is 12.0 Å². The third kappa shape index (κ3) is 1.32. The highest BCUT2D eigenvalue weighted by Gasteiger charge is 2.02. The molecule has 3 nitrogen and oxygen atoms in total. The highest BCUT2D eigenvalue weighted by atomic mass is 16.3. The van der Waals surface area contributed by atoms with Crippen LogP contribution in [0, 0.1) is 0 Å². The van der Waals surface area contributed by atoms with Crippen molar-refractivity contribution in [2.45, 2.75) is 0 Å². The van der Waals surface area contributed by atoms with Crippen LogP contribution in [0.15, 0.2) is 18.2 Å². The van der Waals surface area contributed by atoms with Gasteiger partial charge in [0, 0.05) is 7.05 Å². The number of benzene rings is 1. The van der Waals surface area contributed by atoms with Crippen molar-refractivity contribution in [3.8, 4) is 5.75 Å². The topological polar surface area (TPSA) is 49.3 Å². The lowest BCUT2D eigenvalue weighted by Crippen LogP contribution is -1.90. The van der Waals surface area contributed by atoms with Gasteiger partial charge in [0.15, 0.2) is 6.29 Å². The molecule has 58 valence electrons. The maximum absolute atomic E-state index is 10.3. The molecule has 0 saturated heterocycles. The number of phenolic OH excluding ortho intramolecular Hbond substituents is 1. The molecular weight excluding hydrogens is 142 g/mol. The van der Waals surface area contributed by atoms with Crippen molar-refractivity contribution in [3.63, 3.8) is 0 Å². The molecule has 0 heterocycles. The summed E-state index contributed by atoms with van der Waals surface area (Å²) in [5.74, 6) is 0.00463. The fraction of sp³-hybridized carbons (Fsp3) is 0.125. The second-order valence-corrected chi connectivity index (χ2v) is 2.11. The van der Waals surface area contributed by atoms with E-state index in [1.807, 2.05) is 0 Å². The van der Waals surface area contributed by atoms with E-state index in [9.17, 15) is 9.90 Å². The number of anilines is 1. The molecule has 2 N–H and O–H groups in total. The second kappa shape index (κ2) is 3.05. The maximum Gasteiger partial charge on any atom is 0.153 e. The minimum atomic E-state index is 0.00463. The Bertz CT molecular complexity index is 271. The molecule has 0 unspecified atom stereocenters. The van der Waals surface area contributed by atoms with Gasteiger partial charge in [-0.25, -0.2) is 0 Å². The molecule has 0 aliphatic rings. The number of aromatic hydroxyl groups is 1. The van der Waals surface area contributed by atoms with E-state index in [1.54, 1.807) is 25.2 Å². The van der Waals surface area contributed by atoms with Gasteiger partial charge in [0.05, 0.1) is 11.3 Å². The smallest absolute Gasteiger partial charge is 0.153 e. The fourth-order valence-electron chi connectivity index (χ4n) is 0.858. The summed E-state index contributed by atoms with van der Waals surface area (Å²) in [6, 6.07) is 4.96. The van der Waals surface area contributed by atoms with Crippen LogP contribution < -0.4 is 5.32 Å². The van der Waals surface area contributed by atoms with Crippen LogP contribution in [-0.4, -0.2) is 18.4 Å². The summed E-state index contributed by atoms with van der Waals surface area (Å²) in [6.07, 6.45) is 0.621. The Hall–Kier alpha value is -1.51. The molecule has 11 heavy (non-hydrogen) atoms. The first kappa shape index (κ1) is 7.60. The predicted octanol–water partition coefficient (Wildman–Crippen LogP) is 1.25. The number of aldehydes is 1. The Labute approximate surface area is 64.7 Å². The number of para-hydroxylation sites is 1. The van der Waals surface area contributed by atoms with Gasteiger partial charge < -0.3 is 10.4 Å². The zero-order chi connectivity index (χ0) is 8.27. The number of rotatable bonds is 2. The van der Waals surface area contributed by atoms with Gasteiger partial charge in [0.1, 0.15) is 5.75 Å². The van der Waals surface area contributed by atoms with Gasteiger partial charge in [-0.3, -0.25) is 4.79 Å². The SMILES string of the molecule is CNc1cccc(C=O)c1O. The third-order valence-electron chi connectivity index (χ3n) is 1.46. The van der Waals surface area contributed by atoms with Gasteiger partial charge in [-0.05, 0) is 12.1 Å². The van der Waals surface area contributed by atoms with Crippen LogP contribution in [0.4, 0.5) is 5.69 Å². The molecule has 0 spiro atoms. The fourth-order valence-corrected chi connectivity index (χ4v) is 0.858. The lowest BCUT2D eigenvalue weighted by Gasteiger charge is -2.03. The van der Waals surface area contributed by atoms with Crippen LogP contribution in [0.25, 0.3) is 0 Å². The summed E-state index contributed by atoms with van der Waals surface area (Å²) in [5, 5.41) is 12.1. The Kier molecular flexibility index (Phi) is 2.11. The summed E-state index contributed by atoms with van der Waals surface area (Å²) in [6.45, 7) is 0. The first-order valence-corrected chi connectivity index (χ1v) is 3.24. The number of hydrogen-bond donors (Lipinski definition) is 2. The van der Waals surface area contributed by atoms with Crippen molar-refractivity contribution in [3.05, 3.63) is 23.8 Å². The monoisotopic (exact) mass is 151 g/mol. The molecule has 1 rings (SSSR count). The minimum Gasteiger partial charge on any atom is -0.505 e. The van der Waals surface area contributed by atoms with Gasteiger partial charge in [-0.15, -0.1) is 0 Å². The Morgan fingerprint density at radius 2 is 2.27 bits per heavy atom. The summed E-state index contributed by atoms with van der Waals surface area (Å²) in [5.41, 5.74) is 0.867. The lowest BCUT2D eigenvalue weighted by molar-refractivity contribution is 0.112. The molecule has 0 atom stereocenters. The van der Waals surface area contributed by atoms with Crippen LogP contribution in [0.2, 0.25) is 0 Å². The molecule has 0 bridgehead atoms. The average molecular weight is 151 g/mol. The van der Waals surface area contributed by atoms with Gasteiger partial charge in [-0.2, -0.15) is 0 Å². The van der Waals surface area contributed by atoms with E-state index in [2.05, 4.69) is 5.32 Å². The van der Waals surface area contributed by atoms with Crippen molar-refractivity contribution in [2.24, 2.45) is 0 Å². The van der Waals surface area contributed by atoms with E-state index in [0.717, 1.165) is 0 Å². The van der Waals surface area contributed by atoms with Gasteiger partial charge in [0.2, 0.25) is 0 Å². The Morgan fingerprint density at radius 3 is 2.82 bits per heavy atom. The molecule has 0 aliphatic heterocycles. The van der Waals surface area contributed by atoms with Gasteiger partial charge in [-0.1, -0.05) is 6.07 Å². The maximum atomic E-state index is 10.3.